The number of esters is 2. The van der Waals surface area contributed by atoms with Gasteiger partial charge >= 0.3 is 11.9 Å². The summed E-state index contributed by atoms with van der Waals surface area (Å²) in [4.78, 5) is 48.0. The number of hydrogen-bond acceptors (Lipinski definition) is 8. The molecule has 0 spiro atoms. The van der Waals surface area contributed by atoms with Crippen LogP contribution in [0.15, 0.2) is 0 Å². The average molecular weight is 803 g/mol. The van der Waals surface area contributed by atoms with Gasteiger partial charge in [-0.2, -0.15) is 0 Å². The lowest BCUT2D eigenvalue weighted by molar-refractivity contribution is -0.147. The molecule has 0 aliphatic heterocycles. The lowest BCUT2D eigenvalue weighted by Crippen LogP contribution is -2.37. The zero-order chi connectivity index (χ0) is 42.6. The van der Waals surface area contributed by atoms with Gasteiger partial charge in [-0.3, -0.25) is 19.2 Å². The standard InChI is InChI=1S/C36H69NO5.C5H11NO.C4H10O.CH4O/c1-4-7-9-11-13-15-17-19-21-23-25-28-35(39)41-32-30-37(34(38)27-6-3)31-33-42-36(40)29-26-24-22-20-18-16-14-12-10-8-5-2;1-2-3-4-6-5-7;1-2-3-4-5;1-2/h4-33H2,1-3H3;5H,2-4H2,1H3,(H,6,7);5H,2-4H2,1H3;2H,1H3. The van der Waals surface area contributed by atoms with Gasteiger partial charge in [-0.15, -0.1) is 0 Å². The van der Waals surface area contributed by atoms with E-state index in [1.165, 1.54) is 116 Å². The molecule has 0 saturated carbocycles. The van der Waals surface area contributed by atoms with Crippen LogP contribution in [0.3, 0.4) is 0 Å². The molecule has 0 aliphatic rings. The summed E-state index contributed by atoms with van der Waals surface area (Å²) in [5.41, 5.74) is 0. The molecule has 3 N–H and O–H groups in total. The highest BCUT2D eigenvalue weighted by Crippen LogP contribution is 2.13. The van der Waals surface area contributed by atoms with Crippen LogP contribution in [0, 0.1) is 0 Å². The number of rotatable bonds is 38. The van der Waals surface area contributed by atoms with E-state index < -0.39 is 0 Å². The van der Waals surface area contributed by atoms with Gasteiger partial charge in [0, 0.05) is 39.5 Å². The first-order valence-electron chi connectivity index (χ1n) is 23.2. The Kier molecular flexibility index (Phi) is 61.7. The monoisotopic (exact) mass is 803 g/mol. The van der Waals surface area contributed by atoms with Crippen molar-refractivity contribution in [2.24, 2.45) is 0 Å². The molecule has 10 heteroatoms. The lowest BCUT2D eigenvalue weighted by Gasteiger charge is -2.22. The van der Waals surface area contributed by atoms with Crippen molar-refractivity contribution in [3.63, 3.8) is 0 Å². The van der Waals surface area contributed by atoms with Crippen molar-refractivity contribution in [1.82, 2.24) is 10.2 Å². The highest BCUT2D eigenvalue weighted by atomic mass is 16.5. The van der Waals surface area contributed by atoms with Gasteiger partial charge in [0.05, 0.1) is 13.1 Å². The molecule has 0 fully saturated rings. The van der Waals surface area contributed by atoms with Crippen molar-refractivity contribution >= 4 is 24.3 Å². The lowest BCUT2D eigenvalue weighted by atomic mass is 10.1. The number of nitrogens with zero attached hydrogens (tertiary/aromatic N) is 1. The Morgan fingerprint density at radius 1 is 0.482 bits per heavy atom. The van der Waals surface area contributed by atoms with Crippen LogP contribution in [0.4, 0.5) is 0 Å². The fraction of sp³-hybridized carbons (Fsp3) is 0.913. The molecule has 0 bridgehead atoms. The predicted molar refractivity (Wildman–Crippen MR) is 235 cm³/mol. The molecule has 0 aliphatic carbocycles. The maximum absolute atomic E-state index is 12.5. The van der Waals surface area contributed by atoms with Gasteiger partial charge in [-0.1, -0.05) is 176 Å². The van der Waals surface area contributed by atoms with Crippen LogP contribution in [0.2, 0.25) is 0 Å². The van der Waals surface area contributed by atoms with E-state index in [9.17, 15) is 19.2 Å². The van der Waals surface area contributed by atoms with E-state index in [0.717, 1.165) is 77.9 Å². The summed E-state index contributed by atoms with van der Waals surface area (Å²) in [5.74, 6) is -0.361. The largest absolute Gasteiger partial charge is 0.464 e. The van der Waals surface area contributed by atoms with Crippen molar-refractivity contribution < 1.29 is 38.9 Å². The molecular weight excluding hydrogens is 709 g/mol. The Hall–Kier alpha value is -2.20. The van der Waals surface area contributed by atoms with Crippen LogP contribution < -0.4 is 5.32 Å². The molecule has 0 radical (unpaired) electrons. The zero-order valence-corrected chi connectivity index (χ0v) is 37.8. The topological polar surface area (TPSA) is 142 Å². The fourth-order valence-electron chi connectivity index (χ4n) is 5.78. The van der Waals surface area contributed by atoms with E-state index in [1.54, 1.807) is 4.90 Å². The first-order valence-corrected chi connectivity index (χ1v) is 23.2. The number of unbranched alkanes of at least 4 members (excludes halogenated alkanes) is 22. The summed E-state index contributed by atoms with van der Waals surface area (Å²) >= 11 is 0. The number of carbonyl (C=O) groups excluding carboxylic acids is 4. The second kappa shape index (κ2) is 57.1. The number of carbonyl (C=O) groups is 4. The van der Waals surface area contributed by atoms with Crippen molar-refractivity contribution in [3.8, 4) is 0 Å². The maximum atomic E-state index is 12.5. The molecule has 10 nitrogen and oxygen atoms in total. The molecule has 0 heterocycles. The quantitative estimate of drug-likeness (QED) is 0.0318. The van der Waals surface area contributed by atoms with E-state index in [1.807, 2.05) is 6.92 Å². The van der Waals surface area contributed by atoms with E-state index in [0.29, 0.717) is 39.0 Å². The Labute approximate surface area is 346 Å². The second-order valence-corrected chi connectivity index (χ2v) is 14.6. The number of ether oxygens (including phenoxy) is 2. The van der Waals surface area contributed by atoms with Gasteiger partial charge in [-0.25, -0.2) is 0 Å². The fourth-order valence-corrected chi connectivity index (χ4v) is 5.78. The summed E-state index contributed by atoms with van der Waals surface area (Å²) in [5, 5.41) is 17.6. The Morgan fingerprint density at radius 2 is 0.821 bits per heavy atom. The van der Waals surface area contributed by atoms with Crippen LogP contribution >= 0.6 is 0 Å². The molecule has 0 atom stereocenters. The molecule has 0 saturated heterocycles. The molecular formula is C46H94N2O8. The molecule has 0 rings (SSSR count). The third-order valence-corrected chi connectivity index (χ3v) is 9.30. The molecule has 56 heavy (non-hydrogen) atoms. The number of amides is 2. The minimum Gasteiger partial charge on any atom is -0.464 e. The summed E-state index contributed by atoms with van der Waals surface area (Å²) < 4.78 is 10.8. The maximum Gasteiger partial charge on any atom is 0.305 e. The minimum atomic E-state index is -0.188. The molecule has 336 valence electrons. The van der Waals surface area contributed by atoms with Gasteiger partial charge in [0.15, 0.2) is 0 Å². The predicted octanol–water partition coefficient (Wildman–Crippen LogP) is 11.0. The highest BCUT2D eigenvalue weighted by molar-refractivity contribution is 5.76. The number of aliphatic hydroxyl groups is 2. The van der Waals surface area contributed by atoms with E-state index >= 15 is 0 Å². The summed E-state index contributed by atoms with van der Waals surface area (Å²) in [6.07, 6.45) is 34.6. The van der Waals surface area contributed by atoms with Crippen molar-refractivity contribution in [2.75, 3.05) is 46.6 Å². The van der Waals surface area contributed by atoms with Gasteiger partial charge in [0.2, 0.25) is 12.3 Å². The van der Waals surface area contributed by atoms with E-state index in [2.05, 4.69) is 33.0 Å². The molecule has 0 unspecified atom stereocenters. The number of aliphatic hydroxyl groups excluding tert-OH is 2. The van der Waals surface area contributed by atoms with Crippen LogP contribution in [-0.4, -0.2) is 85.9 Å². The van der Waals surface area contributed by atoms with Gasteiger partial charge < -0.3 is 29.9 Å². The van der Waals surface area contributed by atoms with Crippen molar-refractivity contribution in [1.29, 1.82) is 0 Å². The normalized spacial score (nSPS) is 10.1. The van der Waals surface area contributed by atoms with E-state index in [-0.39, 0.29) is 31.1 Å². The second-order valence-electron chi connectivity index (χ2n) is 14.6. The first kappa shape index (κ1) is 60.5. The summed E-state index contributed by atoms with van der Waals surface area (Å²) in [6.45, 7) is 12.9. The van der Waals surface area contributed by atoms with Gasteiger partial charge in [-0.05, 0) is 32.1 Å². The number of nitrogens with one attached hydrogen (secondary N) is 1. The van der Waals surface area contributed by atoms with Crippen molar-refractivity contribution in [2.45, 2.75) is 227 Å². The Balaban J connectivity index is -0.000000818. The SMILES string of the molecule is CCCCCCCCCCCCCC(=O)OCCN(CCOC(=O)CCCCCCCCCCCCC)C(=O)CCC.CCCCNC=O.CCCCO.CO. The van der Waals surface area contributed by atoms with Crippen molar-refractivity contribution in [3.05, 3.63) is 0 Å². The molecule has 2 amide bonds. The Bertz CT molecular complexity index is 738. The van der Waals surface area contributed by atoms with Crippen LogP contribution in [-0.2, 0) is 28.7 Å². The third kappa shape index (κ3) is 56.1. The minimum absolute atomic E-state index is 0.0142. The first-order chi connectivity index (χ1) is 27.4. The van der Waals surface area contributed by atoms with E-state index in [4.69, 9.17) is 19.7 Å². The van der Waals surface area contributed by atoms with Gasteiger partial charge in [0.25, 0.3) is 0 Å². The third-order valence-electron chi connectivity index (χ3n) is 9.30. The summed E-state index contributed by atoms with van der Waals surface area (Å²) in [6, 6.07) is 0. The van der Waals surface area contributed by atoms with Crippen LogP contribution in [0.5, 0.6) is 0 Å². The average Bonchev–Trinajstić information content (AvgIpc) is 3.20. The van der Waals surface area contributed by atoms with Gasteiger partial charge in [0.1, 0.15) is 13.2 Å². The van der Waals surface area contributed by atoms with Crippen LogP contribution in [0.25, 0.3) is 0 Å². The summed E-state index contributed by atoms with van der Waals surface area (Å²) in [7, 11) is 1.00. The zero-order valence-electron chi connectivity index (χ0n) is 37.8. The smallest absolute Gasteiger partial charge is 0.305 e. The Morgan fingerprint density at radius 3 is 1.11 bits per heavy atom. The number of hydrogen-bond donors (Lipinski definition) is 3. The van der Waals surface area contributed by atoms with Crippen LogP contribution in [0.1, 0.15) is 227 Å². The molecule has 0 aromatic heterocycles. The highest BCUT2D eigenvalue weighted by Gasteiger charge is 2.14. The molecule has 0 aromatic rings. The molecule has 0 aromatic carbocycles.